The standard InChI is InChI=1S/C19H23N5O5/c1-13(5-3-4-9-23-12-14(8-10-25)20-21-23)19(27)16-11-15(24(28)29)6-7-17(16)22(2)18(19)26/h3,5-7,11-13,25,27H,4,8-10H2,1-2H3/b5-3+/t13-,19+/m1/s1. The van der Waals surface area contributed by atoms with Gasteiger partial charge in [-0.1, -0.05) is 24.3 Å². The molecule has 154 valence electrons. The lowest BCUT2D eigenvalue weighted by Crippen LogP contribution is -2.43. The number of hydrogen-bond acceptors (Lipinski definition) is 7. The summed E-state index contributed by atoms with van der Waals surface area (Å²) in [5, 5.41) is 39.2. The van der Waals surface area contributed by atoms with Crippen molar-refractivity contribution >= 4 is 17.3 Å². The molecule has 0 spiro atoms. The van der Waals surface area contributed by atoms with E-state index in [9.17, 15) is 20.0 Å². The molecular weight excluding hydrogens is 378 g/mol. The first-order valence-corrected chi connectivity index (χ1v) is 9.25. The summed E-state index contributed by atoms with van der Waals surface area (Å²) in [6.07, 6.45) is 6.35. The zero-order valence-corrected chi connectivity index (χ0v) is 16.2. The van der Waals surface area contributed by atoms with Crippen LogP contribution in [0, 0.1) is 16.0 Å². The van der Waals surface area contributed by atoms with Crippen LogP contribution in [0.4, 0.5) is 11.4 Å². The van der Waals surface area contributed by atoms with Crippen molar-refractivity contribution in [1.29, 1.82) is 0 Å². The number of rotatable bonds is 8. The number of aliphatic hydroxyl groups is 2. The van der Waals surface area contributed by atoms with Gasteiger partial charge in [-0.15, -0.1) is 5.10 Å². The van der Waals surface area contributed by atoms with E-state index >= 15 is 0 Å². The fourth-order valence-corrected chi connectivity index (χ4v) is 3.48. The molecule has 0 saturated carbocycles. The molecule has 2 atom stereocenters. The fourth-order valence-electron chi connectivity index (χ4n) is 3.48. The number of carbonyl (C=O) groups is 1. The molecule has 0 aliphatic carbocycles. The molecule has 2 heterocycles. The maximum absolute atomic E-state index is 12.8. The summed E-state index contributed by atoms with van der Waals surface area (Å²) < 4.78 is 1.65. The molecule has 1 aromatic carbocycles. The predicted molar refractivity (Wildman–Crippen MR) is 104 cm³/mol. The first-order valence-electron chi connectivity index (χ1n) is 9.25. The molecule has 2 N–H and O–H groups in total. The third-order valence-corrected chi connectivity index (χ3v) is 5.16. The summed E-state index contributed by atoms with van der Waals surface area (Å²) in [5.74, 6) is -1.11. The second-order valence-corrected chi connectivity index (χ2v) is 7.04. The van der Waals surface area contributed by atoms with Crippen LogP contribution in [0.1, 0.15) is 24.6 Å². The van der Waals surface area contributed by atoms with Crippen LogP contribution in [0.5, 0.6) is 0 Å². The van der Waals surface area contributed by atoms with Crippen molar-refractivity contribution in [3.05, 3.63) is 57.9 Å². The van der Waals surface area contributed by atoms with E-state index in [1.807, 2.05) is 6.08 Å². The van der Waals surface area contributed by atoms with Crippen LogP contribution in [0.15, 0.2) is 36.5 Å². The van der Waals surface area contributed by atoms with Crippen molar-refractivity contribution in [2.75, 3.05) is 18.6 Å². The molecule has 0 radical (unpaired) electrons. The van der Waals surface area contributed by atoms with Crippen molar-refractivity contribution in [3.8, 4) is 0 Å². The summed E-state index contributed by atoms with van der Waals surface area (Å²) in [5.41, 5.74) is -0.638. The molecule has 0 saturated heterocycles. The lowest BCUT2D eigenvalue weighted by Gasteiger charge is -2.26. The molecule has 29 heavy (non-hydrogen) atoms. The highest BCUT2D eigenvalue weighted by molar-refractivity contribution is 6.07. The Hall–Kier alpha value is -3.11. The van der Waals surface area contributed by atoms with E-state index in [4.69, 9.17) is 5.11 Å². The first kappa shape index (κ1) is 20.6. The SMILES string of the molecule is C[C@H](/C=C/CCn1cc(CCO)nn1)[C@@]1(O)C(=O)N(C)c2ccc([N+](=O)[O-])cc21. The van der Waals surface area contributed by atoms with Gasteiger partial charge in [0.15, 0.2) is 5.60 Å². The number of aryl methyl sites for hydroxylation is 1. The van der Waals surface area contributed by atoms with Gasteiger partial charge >= 0.3 is 0 Å². The van der Waals surface area contributed by atoms with Gasteiger partial charge in [-0.05, 0) is 12.5 Å². The number of fused-ring (bicyclic) bond motifs is 1. The Morgan fingerprint density at radius 1 is 1.41 bits per heavy atom. The second kappa shape index (κ2) is 8.10. The predicted octanol–water partition coefficient (Wildman–Crippen LogP) is 1.17. The number of hydrogen-bond donors (Lipinski definition) is 2. The van der Waals surface area contributed by atoms with Crippen LogP contribution in [0.25, 0.3) is 0 Å². The monoisotopic (exact) mass is 401 g/mol. The lowest BCUT2D eigenvalue weighted by atomic mass is 9.82. The van der Waals surface area contributed by atoms with Crippen molar-refractivity contribution < 1.29 is 19.9 Å². The molecule has 2 aromatic rings. The average Bonchev–Trinajstić information content (AvgIpc) is 3.23. The highest BCUT2D eigenvalue weighted by Gasteiger charge is 2.52. The lowest BCUT2D eigenvalue weighted by molar-refractivity contribution is -0.385. The summed E-state index contributed by atoms with van der Waals surface area (Å²) in [6, 6.07) is 4.06. The molecule has 0 bridgehead atoms. The van der Waals surface area contributed by atoms with Gasteiger partial charge in [0.1, 0.15) is 0 Å². The van der Waals surface area contributed by atoms with Crippen LogP contribution < -0.4 is 4.90 Å². The van der Waals surface area contributed by atoms with Gasteiger partial charge in [0.25, 0.3) is 11.6 Å². The number of allylic oxidation sites excluding steroid dienone is 1. The van der Waals surface area contributed by atoms with Crippen LogP contribution in [0.2, 0.25) is 0 Å². The first-order chi connectivity index (χ1) is 13.8. The molecule has 1 aliphatic rings. The minimum absolute atomic E-state index is 0.0107. The number of carbonyl (C=O) groups excluding carboxylic acids is 1. The number of nitro benzene ring substituents is 1. The van der Waals surface area contributed by atoms with E-state index in [1.54, 1.807) is 23.9 Å². The van der Waals surface area contributed by atoms with Gasteiger partial charge < -0.3 is 15.1 Å². The number of nitro groups is 1. The minimum atomic E-state index is -1.87. The zero-order valence-electron chi connectivity index (χ0n) is 16.2. The van der Waals surface area contributed by atoms with E-state index in [1.165, 1.54) is 30.1 Å². The molecule has 1 aromatic heterocycles. The zero-order chi connectivity index (χ0) is 21.2. The molecular formula is C19H23N5O5. The largest absolute Gasteiger partial charge is 0.396 e. The summed E-state index contributed by atoms with van der Waals surface area (Å²) in [4.78, 5) is 24.6. The van der Waals surface area contributed by atoms with E-state index < -0.39 is 22.3 Å². The van der Waals surface area contributed by atoms with Crippen molar-refractivity contribution in [3.63, 3.8) is 0 Å². The molecule has 1 aliphatic heterocycles. The Labute approximate surface area is 167 Å². The maximum Gasteiger partial charge on any atom is 0.269 e. The van der Waals surface area contributed by atoms with Crippen molar-refractivity contribution in [1.82, 2.24) is 15.0 Å². The normalized spacial score (nSPS) is 19.7. The molecule has 0 unspecified atom stereocenters. The number of benzene rings is 1. The van der Waals surface area contributed by atoms with Gasteiger partial charge in [0.05, 0.1) is 16.3 Å². The minimum Gasteiger partial charge on any atom is -0.396 e. The Morgan fingerprint density at radius 3 is 2.86 bits per heavy atom. The van der Waals surface area contributed by atoms with E-state index in [-0.39, 0.29) is 17.9 Å². The van der Waals surface area contributed by atoms with Crippen LogP contribution >= 0.6 is 0 Å². The summed E-state index contributed by atoms with van der Waals surface area (Å²) >= 11 is 0. The van der Waals surface area contributed by atoms with Gasteiger partial charge in [0.2, 0.25) is 0 Å². The Kier molecular flexibility index (Phi) is 5.76. The number of nitrogens with zero attached hydrogens (tertiary/aromatic N) is 5. The number of anilines is 1. The number of amides is 1. The molecule has 10 nitrogen and oxygen atoms in total. The Balaban J connectivity index is 1.74. The highest BCUT2D eigenvalue weighted by atomic mass is 16.6. The van der Waals surface area contributed by atoms with E-state index in [2.05, 4.69) is 10.3 Å². The molecule has 0 fully saturated rings. The second-order valence-electron chi connectivity index (χ2n) is 7.04. The topological polar surface area (TPSA) is 135 Å². The third-order valence-electron chi connectivity index (χ3n) is 5.16. The quantitative estimate of drug-likeness (QED) is 0.385. The van der Waals surface area contributed by atoms with Gasteiger partial charge in [-0.25, -0.2) is 0 Å². The number of aromatic nitrogens is 3. The van der Waals surface area contributed by atoms with Crippen LogP contribution in [-0.2, 0) is 23.4 Å². The molecule has 10 heteroatoms. The van der Waals surface area contributed by atoms with Crippen LogP contribution in [0.3, 0.4) is 0 Å². The molecule has 1 amide bonds. The van der Waals surface area contributed by atoms with E-state index in [0.717, 1.165) is 0 Å². The average molecular weight is 401 g/mol. The van der Waals surface area contributed by atoms with Crippen molar-refractivity contribution in [2.45, 2.75) is 31.9 Å². The Morgan fingerprint density at radius 2 is 2.17 bits per heavy atom. The smallest absolute Gasteiger partial charge is 0.269 e. The number of non-ortho nitro benzene ring substituents is 1. The number of aliphatic hydroxyl groups excluding tert-OH is 1. The fraction of sp³-hybridized carbons (Fsp3) is 0.421. The summed E-state index contributed by atoms with van der Waals surface area (Å²) in [6.45, 7) is 2.26. The Bertz CT molecular complexity index is 956. The van der Waals surface area contributed by atoms with Gasteiger partial charge in [-0.2, -0.15) is 0 Å². The van der Waals surface area contributed by atoms with Gasteiger partial charge in [0, 0.05) is 56.4 Å². The van der Waals surface area contributed by atoms with Crippen molar-refractivity contribution in [2.24, 2.45) is 5.92 Å². The van der Waals surface area contributed by atoms with E-state index in [0.29, 0.717) is 30.8 Å². The molecule has 3 rings (SSSR count). The van der Waals surface area contributed by atoms with Crippen LogP contribution in [-0.4, -0.2) is 49.7 Å². The van der Waals surface area contributed by atoms with Gasteiger partial charge in [-0.3, -0.25) is 19.6 Å². The number of likely N-dealkylation sites (N-methyl/N-ethyl adjacent to an activating group) is 1. The maximum atomic E-state index is 12.8. The third kappa shape index (κ3) is 3.76. The summed E-state index contributed by atoms with van der Waals surface area (Å²) in [7, 11) is 1.54. The highest BCUT2D eigenvalue weighted by Crippen LogP contribution is 2.45.